The first-order valence-corrected chi connectivity index (χ1v) is 6.45. The molecule has 0 aliphatic heterocycles. The lowest BCUT2D eigenvalue weighted by atomic mass is 10.1. The standard InChI is InChI=1S/C16H15NO4/c1-11-4-3-5-13(8-11)10-21-16(18)14-7-6-12(2)15(9-14)17(19)20/h3-9H,10H2,1-2H3. The minimum absolute atomic E-state index is 0.0833. The molecule has 2 aromatic rings. The number of nitro benzene ring substituents is 1. The van der Waals surface area contributed by atoms with Crippen LogP contribution in [0.25, 0.3) is 0 Å². The number of carbonyl (C=O) groups is 1. The molecule has 0 saturated carbocycles. The second kappa shape index (κ2) is 6.17. The van der Waals surface area contributed by atoms with E-state index in [4.69, 9.17) is 4.74 Å². The van der Waals surface area contributed by atoms with Crippen LogP contribution in [0, 0.1) is 24.0 Å². The Morgan fingerprint density at radius 1 is 1.19 bits per heavy atom. The maximum Gasteiger partial charge on any atom is 0.338 e. The predicted octanol–water partition coefficient (Wildman–Crippen LogP) is 3.57. The molecule has 0 atom stereocenters. The van der Waals surface area contributed by atoms with Gasteiger partial charge in [-0.15, -0.1) is 0 Å². The fraction of sp³-hybridized carbons (Fsp3) is 0.188. The minimum atomic E-state index is -0.570. The molecule has 0 aliphatic rings. The highest BCUT2D eigenvalue weighted by atomic mass is 16.6. The molecule has 108 valence electrons. The normalized spacial score (nSPS) is 10.2. The molecule has 0 bridgehead atoms. The van der Waals surface area contributed by atoms with Crippen LogP contribution in [-0.4, -0.2) is 10.9 Å². The Bertz CT molecular complexity index is 694. The van der Waals surface area contributed by atoms with Crippen molar-refractivity contribution < 1.29 is 14.5 Å². The van der Waals surface area contributed by atoms with Crippen LogP contribution in [0.1, 0.15) is 27.0 Å². The van der Waals surface area contributed by atoms with Crippen LogP contribution < -0.4 is 0 Å². The van der Waals surface area contributed by atoms with E-state index in [0.29, 0.717) is 5.56 Å². The van der Waals surface area contributed by atoms with E-state index in [9.17, 15) is 14.9 Å². The molecule has 0 aromatic heterocycles. The number of rotatable bonds is 4. The number of nitrogens with zero attached hydrogens (tertiary/aromatic N) is 1. The largest absolute Gasteiger partial charge is 0.457 e. The molecule has 0 unspecified atom stereocenters. The second-order valence-electron chi connectivity index (χ2n) is 4.82. The summed E-state index contributed by atoms with van der Waals surface area (Å²) >= 11 is 0. The van der Waals surface area contributed by atoms with Gasteiger partial charge in [-0.05, 0) is 25.5 Å². The number of aryl methyl sites for hydroxylation is 2. The van der Waals surface area contributed by atoms with E-state index < -0.39 is 10.9 Å². The van der Waals surface area contributed by atoms with Crippen LogP contribution in [-0.2, 0) is 11.3 Å². The third kappa shape index (κ3) is 3.66. The molecule has 0 fully saturated rings. The van der Waals surface area contributed by atoms with Gasteiger partial charge in [0.1, 0.15) is 6.61 Å². The summed E-state index contributed by atoms with van der Waals surface area (Å²) < 4.78 is 5.18. The highest BCUT2D eigenvalue weighted by Crippen LogP contribution is 2.20. The molecule has 5 nitrogen and oxygen atoms in total. The number of ether oxygens (including phenoxy) is 1. The van der Waals surface area contributed by atoms with Crippen molar-refractivity contribution in [2.45, 2.75) is 20.5 Å². The molecule has 2 aromatic carbocycles. The Kier molecular flexibility index (Phi) is 4.33. The highest BCUT2D eigenvalue weighted by molar-refractivity contribution is 5.90. The molecular formula is C16H15NO4. The fourth-order valence-electron chi connectivity index (χ4n) is 1.97. The van der Waals surface area contributed by atoms with Gasteiger partial charge in [0.05, 0.1) is 10.5 Å². The molecule has 0 aliphatic carbocycles. The molecule has 0 heterocycles. The minimum Gasteiger partial charge on any atom is -0.457 e. The third-order valence-electron chi connectivity index (χ3n) is 3.09. The van der Waals surface area contributed by atoms with Crippen molar-refractivity contribution in [1.82, 2.24) is 0 Å². The van der Waals surface area contributed by atoms with Gasteiger partial charge < -0.3 is 4.74 Å². The van der Waals surface area contributed by atoms with Gasteiger partial charge >= 0.3 is 5.97 Å². The molecule has 21 heavy (non-hydrogen) atoms. The van der Waals surface area contributed by atoms with Gasteiger partial charge in [-0.1, -0.05) is 35.9 Å². The summed E-state index contributed by atoms with van der Waals surface area (Å²) in [6, 6.07) is 11.9. The smallest absolute Gasteiger partial charge is 0.338 e. The first kappa shape index (κ1) is 14.7. The van der Waals surface area contributed by atoms with E-state index >= 15 is 0 Å². The summed E-state index contributed by atoms with van der Waals surface area (Å²) in [4.78, 5) is 22.3. The van der Waals surface area contributed by atoms with Gasteiger partial charge in [-0.2, -0.15) is 0 Å². The van der Waals surface area contributed by atoms with Crippen molar-refractivity contribution in [1.29, 1.82) is 0 Å². The average molecular weight is 285 g/mol. The summed E-state index contributed by atoms with van der Waals surface area (Å²) in [6.07, 6.45) is 0. The Labute approximate surface area is 122 Å². The molecule has 0 radical (unpaired) electrons. The van der Waals surface area contributed by atoms with E-state index in [1.54, 1.807) is 13.0 Å². The first-order valence-electron chi connectivity index (χ1n) is 6.45. The maximum atomic E-state index is 11.9. The van der Waals surface area contributed by atoms with Crippen molar-refractivity contribution in [2.75, 3.05) is 0 Å². The Morgan fingerprint density at radius 2 is 1.95 bits per heavy atom. The molecule has 0 spiro atoms. The molecular weight excluding hydrogens is 270 g/mol. The van der Waals surface area contributed by atoms with Crippen molar-refractivity contribution in [3.63, 3.8) is 0 Å². The SMILES string of the molecule is Cc1cccc(COC(=O)c2ccc(C)c([N+](=O)[O-])c2)c1. The van der Waals surface area contributed by atoms with Crippen LogP contribution >= 0.6 is 0 Å². The third-order valence-corrected chi connectivity index (χ3v) is 3.09. The Hall–Kier alpha value is -2.69. The lowest BCUT2D eigenvalue weighted by Crippen LogP contribution is -2.06. The summed E-state index contributed by atoms with van der Waals surface area (Å²) in [5.74, 6) is -0.570. The molecule has 0 N–H and O–H groups in total. The van der Waals surface area contributed by atoms with Gasteiger partial charge in [-0.3, -0.25) is 10.1 Å². The van der Waals surface area contributed by atoms with Gasteiger partial charge in [-0.25, -0.2) is 4.79 Å². The Balaban J connectivity index is 2.10. The van der Waals surface area contributed by atoms with Crippen molar-refractivity contribution >= 4 is 11.7 Å². The number of esters is 1. The number of hydrogen-bond donors (Lipinski definition) is 0. The van der Waals surface area contributed by atoms with Crippen LogP contribution in [0.2, 0.25) is 0 Å². The number of hydrogen-bond acceptors (Lipinski definition) is 4. The van der Waals surface area contributed by atoms with E-state index in [1.165, 1.54) is 12.1 Å². The maximum absolute atomic E-state index is 11.9. The molecule has 0 saturated heterocycles. The summed E-state index contributed by atoms with van der Waals surface area (Å²) in [5.41, 5.74) is 2.56. The van der Waals surface area contributed by atoms with Gasteiger partial charge in [0, 0.05) is 11.6 Å². The van der Waals surface area contributed by atoms with Crippen LogP contribution in [0.15, 0.2) is 42.5 Å². The first-order chi connectivity index (χ1) is 9.97. The highest BCUT2D eigenvalue weighted by Gasteiger charge is 2.15. The zero-order chi connectivity index (χ0) is 15.4. The monoisotopic (exact) mass is 285 g/mol. The van der Waals surface area contributed by atoms with Crippen LogP contribution in [0.5, 0.6) is 0 Å². The van der Waals surface area contributed by atoms with Gasteiger partial charge in [0.15, 0.2) is 0 Å². The van der Waals surface area contributed by atoms with Crippen molar-refractivity contribution in [2.24, 2.45) is 0 Å². The van der Waals surface area contributed by atoms with Gasteiger partial charge in [0.2, 0.25) is 0 Å². The number of benzene rings is 2. The molecule has 5 heteroatoms. The van der Waals surface area contributed by atoms with Crippen molar-refractivity contribution in [3.05, 3.63) is 74.8 Å². The summed E-state index contributed by atoms with van der Waals surface area (Å²) in [5, 5.41) is 10.9. The lowest BCUT2D eigenvalue weighted by Gasteiger charge is -2.06. The number of carbonyl (C=O) groups excluding carboxylic acids is 1. The predicted molar refractivity (Wildman–Crippen MR) is 78.1 cm³/mol. The summed E-state index contributed by atoms with van der Waals surface area (Å²) in [6.45, 7) is 3.72. The zero-order valence-electron chi connectivity index (χ0n) is 11.8. The van der Waals surface area contributed by atoms with Crippen LogP contribution in [0.3, 0.4) is 0 Å². The quantitative estimate of drug-likeness (QED) is 0.489. The second-order valence-corrected chi connectivity index (χ2v) is 4.82. The van der Waals surface area contributed by atoms with E-state index in [0.717, 1.165) is 11.1 Å². The van der Waals surface area contributed by atoms with E-state index in [1.807, 2.05) is 31.2 Å². The molecule has 2 rings (SSSR count). The van der Waals surface area contributed by atoms with E-state index in [-0.39, 0.29) is 17.9 Å². The average Bonchev–Trinajstić information content (AvgIpc) is 2.45. The van der Waals surface area contributed by atoms with Crippen molar-refractivity contribution in [3.8, 4) is 0 Å². The summed E-state index contributed by atoms with van der Waals surface area (Å²) in [7, 11) is 0. The number of nitro groups is 1. The topological polar surface area (TPSA) is 69.4 Å². The van der Waals surface area contributed by atoms with Crippen LogP contribution in [0.4, 0.5) is 5.69 Å². The molecule has 0 amide bonds. The zero-order valence-corrected chi connectivity index (χ0v) is 11.8. The lowest BCUT2D eigenvalue weighted by molar-refractivity contribution is -0.385. The fourth-order valence-corrected chi connectivity index (χ4v) is 1.97. The van der Waals surface area contributed by atoms with E-state index in [2.05, 4.69) is 0 Å². The van der Waals surface area contributed by atoms with Gasteiger partial charge in [0.25, 0.3) is 5.69 Å². The Morgan fingerprint density at radius 3 is 2.62 bits per heavy atom.